The molecule has 0 fully saturated rings. The molecule has 0 aliphatic heterocycles. The number of hydrogen-bond acceptors (Lipinski definition) is 2. The van der Waals surface area contributed by atoms with E-state index in [1.807, 2.05) is 6.92 Å². The van der Waals surface area contributed by atoms with Crippen LogP contribution in [0.5, 0.6) is 0 Å². The van der Waals surface area contributed by atoms with Crippen molar-refractivity contribution in [2.75, 3.05) is 0 Å². The van der Waals surface area contributed by atoms with E-state index in [9.17, 15) is 22.8 Å². The number of alkyl halides is 3. The molecule has 0 aliphatic carbocycles. The number of hydrogen-bond donors (Lipinski definition) is 0. The van der Waals surface area contributed by atoms with Crippen molar-refractivity contribution in [3.05, 3.63) is 34.9 Å². The van der Waals surface area contributed by atoms with E-state index < -0.39 is 24.2 Å². The van der Waals surface area contributed by atoms with Crippen molar-refractivity contribution in [3.63, 3.8) is 0 Å². The van der Waals surface area contributed by atoms with Gasteiger partial charge in [0.2, 0.25) is 5.78 Å². The molecule has 0 atom stereocenters. The molecule has 0 amide bonds. The van der Waals surface area contributed by atoms with Crippen LogP contribution in [0.4, 0.5) is 13.2 Å². The largest absolute Gasteiger partial charge is 0.450 e. The molecule has 0 spiro atoms. The second kappa shape index (κ2) is 4.69. The molecule has 0 aromatic heterocycles. The maximum atomic E-state index is 12.0. The Bertz CT molecular complexity index is 461. The lowest BCUT2D eigenvalue weighted by molar-refractivity contribution is -0.170. The zero-order chi connectivity index (χ0) is 13.2. The van der Waals surface area contributed by atoms with E-state index in [4.69, 9.17) is 0 Å². The third kappa shape index (κ3) is 3.41. The highest BCUT2D eigenvalue weighted by Crippen LogP contribution is 2.20. The minimum atomic E-state index is -4.95. The summed E-state index contributed by atoms with van der Waals surface area (Å²) in [6.07, 6.45) is -6.08. The van der Waals surface area contributed by atoms with Crippen LogP contribution in [0.15, 0.2) is 18.2 Å². The molecule has 0 bridgehead atoms. The van der Waals surface area contributed by atoms with Gasteiger partial charge in [-0.25, -0.2) is 0 Å². The highest BCUT2D eigenvalue weighted by molar-refractivity contribution is 6.09. The first-order valence-corrected chi connectivity index (χ1v) is 4.92. The standard InChI is InChI=1S/C12H11F3O2/c1-7-3-4-9(5-8(7)2)10(16)6-11(17)12(13,14)15/h3-5H,6H2,1-2H3. The van der Waals surface area contributed by atoms with Crippen LogP contribution >= 0.6 is 0 Å². The number of carbonyl (C=O) groups is 2. The maximum absolute atomic E-state index is 12.0. The number of rotatable bonds is 3. The summed E-state index contributed by atoms with van der Waals surface area (Å²) in [7, 11) is 0. The molecule has 0 unspecified atom stereocenters. The van der Waals surface area contributed by atoms with Crippen LogP contribution in [-0.4, -0.2) is 17.7 Å². The second-order valence-electron chi connectivity index (χ2n) is 3.82. The van der Waals surface area contributed by atoms with Gasteiger partial charge in [0.15, 0.2) is 5.78 Å². The zero-order valence-corrected chi connectivity index (χ0v) is 9.39. The van der Waals surface area contributed by atoms with E-state index >= 15 is 0 Å². The van der Waals surface area contributed by atoms with Crippen molar-refractivity contribution in [3.8, 4) is 0 Å². The molecule has 1 aromatic carbocycles. The Hall–Kier alpha value is -1.65. The average molecular weight is 244 g/mol. The van der Waals surface area contributed by atoms with Crippen molar-refractivity contribution in [1.82, 2.24) is 0 Å². The molecule has 1 aromatic rings. The highest BCUT2D eigenvalue weighted by atomic mass is 19.4. The highest BCUT2D eigenvalue weighted by Gasteiger charge is 2.39. The summed E-state index contributed by atoms with van der Waals surface area (Å²) in [5.74, 6) is -2.82. The number of carbonyl (C=O) groups excluding carboxylic acids is 2. The first-order valence-electron chi connectivity index (χ1n) is 4.92. The molecule has 0 heterocycles. The summed E-state index contributed by atoms with van der Waals surface area (Å²) < 4.78 is 35.9. The lowest BCUT2D eigenvalue weighted by Crippen LogP contribution is -2.25. The molecular formula is C12H11F3O2. The fraction of sp³-hybridized carbons (Fsp3) is 0.333. The van der Waals surface area contributed by atoms with E-state index in [0.717, 1.165) is 11.1 Å². The summed E-state index contributed by atoms with van der Waals surface area (Å²) in [4.78, 5) is 22.1. The monoisotopic (exact) mass is 244 g/mol. The molecule has 0 N–H and O–H groups in total. The van der Waals surface area contributed by atoms with E-state index in [1.165, 1.54) is 12.1 Å². The first kappa shape index (κ1) is 13.4. The SMILES string of the molecule is Cc1ccc(C(=O)CC(=O)C(F)(F)F)cc1C. The number of ketones is 2. The predicted molar refractivity (Wildman–Crippen MR) is 55.9 cm³/mol. The van der Waals surface area contributed by atoms with E-state index in [0.29, 0.717) is 0 Å². The third-order valence-corrected chi connectivity index (χ3v) is 2.47. The summed E-state index contributed by atoms with van der Waals surface area (Å²) in [6, 6.07) is 4.55. The number of halogens is 3. The Morgan fingerprint density at radius 1 is 1.12 bits per heavy atom. The van der Waals surface area contributed by atoms with Crippen molar-refractivity contribution in [2.24, 2.45) is 0 Å². The maximum Gasteiger partial charge on any atom is 0.450 e. The molecule has 1 rings (SSSR count). The Morgan fingerprint density at radius 3 is 2.18 bits per heavy atom. The van der Waals surface area contributed by atoms with Gasteiger partial charge >= 0.3 is 6.18 Å². The summed E-state index contributed by atoms with van der Waals surface area (Å²) in [5, 5.41) is 0. The quantitative estimate of drug-likeness (QED) is 0.605. The van der Waals surface area contributed by atoms with Crippen LogP contribution in [-0.2, 0) is 4.79 Å². The molecule has 0 radical (unpaired) electrons. The first-order chi connectivity index (χ1) is 7.71. The Morgan fingerprint density at radius 2 is 1.71 bits per heavy atom. The lowest BCUT2D eigenvalue weighted by Gasteiger charge is -2.06. The summed E-state index contributed by atoms with van der Waals surface area (Å²) >= 11 is 0. The molecule has 0 aliphatic rings. The molecule has 0 saturated carbocycles. The van der Waals surface area contributed by atoms with Gasteiger partial charge in [-0.05, 0) is 31.0 Å². The van der Waals surface area contributed by atoms with Gasteiger partial charge in [0.1, 0.15) is 0 Å². The Balaban J connectivity index is 2.84. The van der Waals surface area contributed by atoms with Crippen molar-refractivity contribution in [1.29, 1.82) is 0 Å². The Kier molecular flexibility index (Phi) is 3.70. The third-order valence-electron chi connectivity index (χ3n) is 2.47. The fourth-order valence-corrected chi connectivity index (χ4v) is 1.26. The minimum absolute atomic E-state index is 0.130. The van der Waals surface area contributed by atoms with Gasteiger partial charge in [-0.2, -0.15) is 13.2 Å². The van der Waals surface area contributed by atoms with Crippen LogP contribution in [0.1, 0.15) is 27.9 Å². The van der Waals surface area contributed by atoms with E-state index in [2.05, 4.69) is 0 Å². The lowest BCUT2D eigenvalue weighted by atomic mass is 10.0. The van der Waals surface area contributed by atoms with Gasteiger partial charge in [0, 0.05) is 5.56 Å². The molecule has 17 heavy (non-hydrogen) atoms. The number of benzene rings is 1. The topological polar surface area (TPSA) is 34.1 Å². The van der Waals surface area contributed by atoms with Crippen LogP contribution in [0.2, 0.25) is 0 Å². The molecule has 5 heteroatoms. The second-order valence-corrected chi connectivity index (χ2v) is 3.82. The summed E-state index contributed by atoms with van der Waals surface area (Å²) in [5.41, 5.74) is 1.87. The fourth-order valence-electron chi connectivity index (χ4n) is 1.26. The molecule has 0 saturated heterocycles. The van der Waals surface area contributed by atoms with E-state index in [-0.39, 0.29) is 5.56 Å². The molecular weight excluding hydrogens is 233 g/mol. The molecule has 2 nitrogen and oxygen atoms in total. The van der Waals surface area contributed by atoms with Gasteiger partial charge in [-0.3, -0.25) is 9.59 Å². The van der Waals surface area contributed by atoms with Crippen LogP contribution in [0.3, 0.4) is 0 Å². The molecule has 92 valence electrons. The normalized spacial score (nSPS) is 11.4. The van der Waals surface area contributed by atoms with Gasteiger partial charge in [0.05, 0.1) is 6.42 Å². The van der Waals surface area contributed by atoms with Crippen molar-refractivity contribution in [2.45, 2.75) is 26.4 Å². The van der Waals surface area contributed by atoms with Gasteiger partial charge < -0.3 is 0 Å². The Labute approximate surface area is 96.4 Å². The van der Waals surface area contributed by atoms with Gasteiger partial charge in [-0.15, -0.1) is 0 Å². The summed E-state index contributed by atoms with van der Waals surface area (Å²) in [6.45, 7) is 3.57. The minimum Gasteiger partial charge on any atom is -0.294 e. The smallest absolute Gasteiger partial charge is 0.294 e. The zero-order valence-electron chi connectivity index (χ0n) is 9.39. The van der Waals surface area contributed by atoms with Crippen LogP contribution in [0.25, 0.3) is 0 Å². The van der Waals surface area contributed by atoms with Gasteiger partial charge in [0.25, 0.3) is 0 Å². The number of aryl methyl sites for hydroxylation is 2. The average Bonchev–Trinajstić information content (AvgIpc) is 2.20. The van der Waals surface area contributed by atoms with Crippen LogP contribution in [0, 0.1) is 13.8 Å². The predicted octanol–water partition coefficient (Wildman–Crippen LogP) is 3.01. The van der Waals surface area contributed by atoms with Crippen molar-refractivity contribution < 1.29 is 22.8 Å². The van der Waals surface area contributed by atoms with Crippen molar-refractivity contribution >= 4 is 11.6 Å². The van der Waals surface area contributed by atoms with Gasteiger partial charge in [-0.1, -0.05) is 12.1 Å². The van der Waals surface area contributed by atoms with E-state index in [1.54, 1.807) is 13.0 Å². The van der Waals surface area contributed by atoms with Crippen LogP contribution < -0.4 is 0 Å². The number of Topliss-reactive ketones (excluding diaryl/α,β-unsaturated/α-hetero) is 2.